The minimum atomic E-state index is 1.14. The van der Waals surface area contributed by atoms with Gasteiger partial charge in [-0.15, -0.1) is 0 Å². The van der Waals surface area contributed by atoms with E-state index < -0.39 is 0 Å². The van der Waals surface area contributed by atoms with Gasteiger partial charge in [-0.05, 0) is 18.5 Å². The largest absolute Gasteiger partial charge is 0.341 e. The van der Waals surface area contributed by atoms with Crippen molar-refractivity contribution in [1.82, 2.24) is 4.81 Å². The second-order valence-corrected chi connectivity index (χ2v) is 3.47. The fourth-order valence-corrected chi connectivity index (χ4v) is 1.78. The van der Waals surface area contributed by atoms with Crippen LogP contribution in [0.15, 0.2) is 30.3 Å². The number of hydrogen-bond acceptors (Lipinski definition) is 1. The standard InChI is InChI=1S/C10H14BN/c1-2-5-10(6-3-1)9-12-8-4-7-11-12/h1-3,5-6,11H,4,7-9H2. The van der Waals surface area contributed by atoms with E-state index in [-0.39, 0.29) is 0 Å². The van der Waals surface area contributed by atoms with Crippen molar-refractivity contribution >= 4 is 7.41 Å². The highest BCUT2D eigenvalue weighted by Crippen LogP contribution is 2.10. The van der Waals surface area contributed by atoms with Crippen LogP contribution in [0.5, 0.6) is 0 Å². The van der Waals surface area contributed by atoms with Crippen molar-refractivity contribution in [1.29, 1.82) is 0 Å². The minimum Gasteiger partial charge on any atom is -0.341 e. The molecule has 0 N–H and O–H groups in total. The summed E-state index contributed by atoms with van der Waals surface area (Å²) < 4.78 is 0. The van der Waals surface area contributed by atoms with Crippen LogP contribution < -0.4 is 0 Å². The molecule has 0 bridgehead atoms. The summed E-state index contributed by atoms with van der Waals surface area (Å²) in [6.45, 7) is 2.43. The quantitative estimate of drug-likeness (QED) is 0.593. The predicted molar refractivity (Wildman–Crippen MR) is 53.4 cm³/mol. The highest BCUT2D eigenvalue weighted by atomic mass is 15.0. The minimum absolute atomic E-state index is 1.14. The Hall–Kier alpha value is -0.755. The summed E-state index contributed by atoms with van der Waals surface area (Å²) >= 11 is 0. The molecule has 0 amide bonds. The van der Waals surface area contributed by atoms with Gasteiger partial charge in [0.15, 0.2) is 0 Å². The number of hydrogen-bond donors (Lipinski definition) is 0. The molecule has 0 radical (unpaired) electrons. The summed E-state index contributed by atoms with van der Waals surface area (Å²) in [6.07, 6.45) is 2.76. The molecule has 0 atom stereocenters. The lowest BCUT2D eigenvalue weighted by molar-refractivity contribution is 0.471. The molecular weight excluding hydrogens is 145 g/mol. The van der Waals surface area contributed by atoms with Crippen molar-refractivity contribution in [3.05, 3.63) is 35.9 Å². The van der Waals surface area contributed by atoms with E-state index in [1.807, 2.05) is 0 Å². The molecule has 1 fully saturated rings. The van der Waals surface area contributed by atoms with Crippen molar-refractivity contribution in [2.45, 2.75) is 19.3 Å². The molecule has 1 aromatic carbocycles. The first kappa shape index (κ1) is 7.87. The van der Waals surface area contributed by atoms with Crippen LogP contribution in [0.1, 0.15) is 12.0 Å². The van der Waals surface area contributed by atoms with Crippen LogP contribution in [0, 0.1) is 0 Å². The Kier molecular flexibility index (Phi) is 2.47. The maximum atomic E-state index is 2.52. The first-order chi connectivity index (χ1) is 5.95. The highest BCUT2D eigenvalue weighted by Gasteiger charge is 2.12. The van der Waals surface area contributed by atoms with Gasteiger partial charge in [0.25, 0.3) is 0 Å². The van der Waals surface area contributed by atoms with Crippen LogP contribution in [0.4, 0.5) is 0 Å². The fraction of sp³-hybridized carbons (Fsp3) is 0.400. The molecule has 1 aromatic rings. The lowest BCUT2D eigenvalue weighted by atomic mass is 9.90. The topological polar surface area (TPSA) is 3.24 Å². The summed E-state index contributed by atoms with van der Waals surface area (Å²) in [5.41, 5.74) is 1.44. The smallest absolute Gasteiger partial charge is 0.204 e. The lowest BCUT2D eigenvalue weighted by Gasteiger charge is -2.13. The van der Waals surface area contributed by atoms with E-state index in [4.69, 9.17) is 0 Å². The maximum absolute atomic E-state index is 2.52. The maximum Gasteiger partial charge on any atom is 0.204 e. The van der Waals surface area contributed by atoms with E-state index in [2.05, 4.69) is 35.1 Å². The van der Waals surface area contributed by atoms with Gasteiger partial charge in [0, 0.05) is 6.54 Å². The third-order valence-corrected chi connectivity index (χ3v) is 2.45. The SMILES string of the molecule is B1CCCN1Cc1ccccc1. The molecule has 1 saturated heterocycles. The van der Waals surface area contributed by atoms with Gasteiger partial charge >= 0.3 is 0 Å². The molecule has 1 aliphatic rings. The Morgan fingerprint density at radius 3 is 2.75 bits per heavy atom. The molecule has 2 heteroatoms. The first-order valence-electron chi connectivity index (χ1n) is 4.71. The summed E-state index contributed by atoms with van der Waals surface area (Å²) in [5.74, 6) is 0. The van der Waals surface area contributed by atoms with Gasteiger partial charge in [0.2, 0.25) is 7.41 Å². The Balaban J connectivity index is 1.94. The average Bonchev–Trinajstić information content (AvgIpc) is 2.59. The molecule has 1 nitrogen and oxygen atoms in total. The van der Waals surface area contributed by atoms with Crippen molar-refractivity contribution in [3.8, 4) is 0 Å². The number of nitrogens with zero attached hydrogens (tertiary/aromatic N) is 1. The second kappa shape index (κ2) is 3.77. The van der Waals surface area contributed by atoms with E-state index in [0.29, 0.717) is 0 Å². The molecular formula is C10H14BN. The average molecular weight is 159 g/mol. The molecule has 1 aliphatic heterocycles. The van der Waals surface area contributed by atoms with Crippen LogP contribution in [0.3, 0.4) is 0 Å². The molecule has 1 heterocycles. The Morgan fingerprint density at radius 1 is 1.25 bits per heavy atom. The Morgan fingerprint density at radius 2 is 2.08 bits per heavy atom. The van der Waals surface area contributed by atoms with E-state index in [9.17, 15) is 0 Å². The zero-order valence-electron chi connectivity index (χ0n) is 7.37. The van der Waals surface area contributed by atoms with Crippen molar-refractivity contribution in [2.24, 2.45) is 0 Å². The van der Waals surface area contributed by atoms with Crippen molar-refractivity contribution in [2.75, 3.05) is 6.54 Å². The van der Waals surface area contributed by atoms with Gasteiger partial charge in [-0.3, -0.25) is 0 Å². The van der Waals surface area contributed by atoms with Gasteiger partial charge in [-0.2, -0.15) is 0 Å². The molecule has 12 heavy (non-hydrogen) atoms. The Bertz CT molecular complexity index is 229. The molecule has 0 saturated carbocycles. The van der Waals surface area contributed by atoms with E-state index in [0.717, 1.165) is 6.54 Å². The first-order valence-corrected chi connectivity index (χ1v) is 4.71. The summed E-state index contributed by atoms with van der Waals surface area (Å²) in [6, 6.07) is 10.7. The molecule has 0 unspecified atom stereocenters. The van der Waals surface area contributed by atoms with Gasteiger partial charge in [0.1, 0.15) is 0 Å². The van der Waals surface area contributed by atoms with Gasteiger partial charge < -0.3 is 4.81 Å². The lowest BCUT2D eigenvalue weighted by Crippen LogP contribution is -2.20. The van der Waals surface area contributed by atoms with Crippen LogP contribution in [0.2, 0.25) is 6.32 Å². The molecule has 2 rings (SSSR count). The van der Waals surface area contributed by atoms with Crippen molar-refractivity contribution < 1.29 is 0 Å². The van der Waals surface area contributed by atoms with Gasteiger partial charge in [-0.25, -0.2) is 0 Å². The van der Waals surface area contributed by atoms with Gasteiger partial charge in [-0.1, -0.05) is 36.7 Å². The third-order valence-electron chi connectivity index (χ3n) is 2.45. The molecule has 0 aliphatic carbocycles. The van der Waals surface area contributed by atoms with Crippen LogP contribution >= 0.6 is 0 Å². The highest BCUT2D eigenvalue weighted by molar-refractivity contribution is 6.32. The monoisotopic (exact) mass is 159 g/mol. The second-order valence-electron chi connectivity index (χ2n) is 3.47. The zero-order chi connectivity index (χ0) is 8.23. The zero-order valence-corrected chi connectivity index (χ0v) is 7.37. The fourth-order valence-electron chi connectivity index (χ4n) is 1.78. The van der Waals surface area contributed by atoms with E-state index in [1.54, 1.807) is 0 Å². The normalized spacial score (nSPS) is 17.7. The number of benzene rings is 1. The van der Waals surface area contributed by atoms with Crippen LogP contribution in [-0.4, -0.2) is 18.8 Å². The van der Waals surface area contributed by atoms with Crippen LogP contribution in [0.25, 0.3) is 0 Å². The van der Waals surface area contributed by atoms with E-state index >= 15 is 0 Å². The molecule has 62 valence electrons. The predicted octanol–water partition coefficient (Wildman–Crippen LogP) is 1.66. The van der Waals surface area contributed by atoms with E-state index in [1.165, 1.54) is 32.3 Å². The van der Waals surface area contributed by atoms with Crippen molar-refractivity contribution in [3.63, 3.8) is 0 Å². The number of rotatable bonds is 2. The third kappa shape index (κ3) is 1.89. The van der Waals surface area contributed by atoms with Crippen LogP contribution in [-0.2, 0) is 6.54 Å². The molecule has 0 aromatic heterocycles. The Labute approximate surface area is 74.7 Å². The summed E-state index contributed by atoms with van der Waals surface area (Å²) in [5, 5.41) is 0. The summed E-state index contributed by atoms with van der Waals surface area (Å²) in [7, 11) is 1.29. The van der Waals surface area contributed by atoms with Gasteiger partial charge in [0.05, 0.1) is 0 Å². The summed E-state index contributed by atoms with van der Waals surface area (Å²) in [4.78, 5) is 2.52. The molecule has 0 spiro atoms.